The normalized spacial score (nSPS) is 18.7. The Bertz CT molecular complexity index is 1200. The smallest absolute Gasteiger partial charge is 0.227 e. The minimum atomic E-state index is -1.67. The summed E-state index contributed by atoms with van der Waals surface area (Å²) in [5.74, 6) is 1.30. The Morgan fingerprint density at radius 1 is 1.04 bits per heavy atom. The molecule has 2 fully saturated rings. The fraction of sp³-hybridized carbons (Fsp3) is 0.645. The van der Waals surface area contributed by atoms with Gasteiger partial charge in [-0.25, -0.2) is 14.4 Å². The summed E-state index contributed by atoms with van der Waals surface area (Å²) >= 11 is 5.88. The van der Waals surface area contributed by atoms with E-state index in [0.29, 0.717) is 48.5 Å². The second kappa shape index (κ2) is 17.3. The summed E-state index contributed by atoms with van der Waals surface area (Å²) in [7, 11) is 0. The molecule has 2 saturated heterocycles. The number of carbonyl (C=O) groups is 1. The third-order valence-corrected chi connectivity index (χ3v) is 8.76. The zero-order valence-corrected chi connectivity index (χ0v) is 26.1. The first-order valence-corrected chi connectivity index (χ1v) is 16.0. The summed E-state index contributed by atoms with van der Waals surface area (Å²) in [5, 5.41) is 51.2. The van der Waals surface area contributed by atoms with Crippen molar-refractivity contribution in [3.05, 3.63) is 47.0 Å². The van der Waals surface area contributed by atoms with Gasteiger partial charge < -0.3 is 45.4 Å². The van der Waals surface area contributed by atoms with Crippen molar-refractivity contribution in [2.24, 2.45) is 11.8 Å². The van der Waals surface area contributed by atoms with Crippen LogP contribution in [0.2, 0.25) is 5.02 Å². The number of hydrogen-bond acceptors (Lipinski definition) is 11. The SMILES string of the molecule is O=C(Cc1ccc(OCCCCC2CCN(c3ncc(Cl)cn3)CC2)cc1F)N1CC(CNCC(O)C(O)C(O)C(O)CO)C1. The topological polar surface area (TPSA) is 172 Å². The Labute approximate surface area is 267 Å². The van der Waals surface area contributed by atoms with Gasteiger partial charge in [0.2, 0.25) is 11.9 Å². The Balaban J connectivity index is 1.06. The zero-order chi connectivity index (χ0) is 32.3. The van der Waals surface area contributed by atoms with E-state index in [1.54, 1.807) is 29.4 Å². The molecule has 1 amide bonds. The molecule has 250 valence electrons. The van der Waals surface area contributed by atoms with Gasteiger partial charge in [0, 0.05) is 51.3 Å². The van der Waals surface area contributed by atoms with Crippen LogP contribution in [0.3, 0.4) is 0 Å². The molecule has 0 aliphatic carbocycles. The number of aromatic nitrogens is 2. The quantitative estimate of drug-likeness (QED) is 0.133. The molecule has 4 atom stereocenters. The van der Waals surface area contributed by atoms with E-state index in [1.165, 1.54) is 6.07 Å². The van der Waals surface area contributed by atoms with Crippen molar-refractivity contribution >= 4 is 23.5 Å². The number of unbranched alkanes of at least 4 members (excludes halogenated alkanes) is 1. The van der Waals surface area contributed by atoms with Gasteiger partial charge in [0.25, 0.3) is 0 Å². The van der Waals surface area contributed by atoms with E-state index in [4.69, 9.17) is 21.4 Å². The first-order valence-electron chi connectivity index (χ1n) is 15.6. The Morgan fingerprint density at radius 2 is 1.73 bits per heavy atom. The minimum absolute atomic E-state index is 0.0398. The summed E-state index contributed by atoms with van der Waals surface area (Å²) in [6.07, 6.45) is 2.21. The molecule has 2 aliphatic heterocycles. The molecular weight excluding hydrogens is 609 g/mol. The van der Waals surface area contributed by atoms with E-state index in [2.05, 4.69) is 20.2 Å². The predicted molar refractivity (Wildman–Crippen MR) is 165 cm³/mol. The van der Waals surface area contributed by atoms with E-state index < -0.39 is 36.8 Å². The second-order valence-electron chi connectivity index (χ2n) is 12.0. The number of carbonyl (C=O) groups excluding carboxylic acids is 1. The number of hydrogen-bond donors (Lipinski definition) is 6. The van der Waals surface area contributed by atoms with Gasteiger partial charge in [-0.1, -0.05) is 24.1 Å². The van der Waals surface area contributed by atoms with Gasteiger partial charge in [0.05, 0.1) is 43.2 Å². The van der Waals surface area contributed by atoms with Crippen molar-refractivity contribution in [3.63, 3.8) is 0 Å². The summed E-state index contributed by atoms with van der Waals surface area (Å²) in [6, 6.07) is 4.62. The van der Waals surface area contributed by atoms with E-state index in [0.717, 1.165) is 51.1 Å². The maximum Gasteiger partial charge on any atom is 0.227 e. The zero-order valence-electron chi connectivity index (χ0n) is 25.3. The molecule has 45 heavy (non-hydrogen) atoms. The minimum Gasteiger partial charge on any atom is -0.493 e. The van der Waals surface area contributed by atoms with Crippen LogP contribution in [-0.4, -0.2) is 123 Å². The number of halogens is 2. The van der Waals surface area contributed by atoms with E-state index in [1.807, 2.05) is 0 Å². The fourth-order valence-electron chi connectivity index (χ4n) is 5.67. The lowest BCUT2D eigenvalue weighted by atomic mass is 9.92. The average Bonchev–Trinajstić information content (AvgIpc) is 3.02. The summed E-state index contributed by atoms with van der Waals surface area (Å²) in [6.45, 7) is 3.00. The summed E-state index contributed by atoms with van der Waals surface area (Å²) in [4.78, 5) is 25.1. The van der Waals surface area contributed by atoms with Crippen LogP contribution in [0.5, 0.6) is 5.75 Å². The van der Waals surface area contributed by atoms with Crippen molar-refractivity contribution in [1.29, 1.82) is 0 Å². The van der Waals surface area contributed by atoms with Gasteiger partial charge in [-0.05, 0) is 43.2 Å². The van der Waals surface area contributed by atoms with E-state index in [-0.39, 0.29) is 24.8 Å². The number of anilines is 1. The number of amides is 1. The molecule has 1 aromatic carbocycles. The molecule has 0 bridgehead atoms. The Morgan fingerprint density at radius 3 is 2.40 bits per heavy atom. The van der Waals surface area contributed by atoms with Crippen molar-refractivity contribution in [2.45, 2.75) is 62.9 Å². The Kier molecular flexibility index (Phi) is 13.5. The van der Waals surface area contributed by atoms with Crippen molar-refractivity contribution in [3.8, 4) is 5.75 Å². The van der Waals surface area contributed by atoms with E-state index >= 15 is 0 Å². The molecule has 4 rings (SSSR count). The molecule has 1 aromatic heterocycles. The molecular formula is C31H45ClFN5O7. The number of aliphatic hydroxyl groups excluding tert-OH is 5. The van der Waals surface area contributed by atoms with Crippen LogP contribution >= 0.6 is 11.6 Å². The largest absolute Gasteiger partial charge is 0.493 e. The Hall–Kier alpha value is -2.65. The lowest BCUT2D eigenvalue weighted by Gasteiger charge is -2.39. The molecule has 0 spiro atoms. The molecule has 14 heteroatoms. The van der Waals surface area contributed by atoms with Gasteiger partial charge in [0.15, 0.2) is 0 Å². The average molecular weight is 654 g/mol. The molecule has 6 N–H and O–H groups in total. The third-order valence-electron chi connectivity index (χ3n) is 8.57. The highest BCUT2D eigenvalue weighted by Gasteiger charge is 2.32. The standard InChI is InChI=1S/C31H45ClFN5O7/c32-23-14-35-31(36-15-23)37-8-6-20(7-9-37)3-1-2-10-45-24-5-4-22(25(33)12-24)11-28(42)38-17-21(18-38)13-34-16-26(40)29(43)30(44)27(41)19-39/h4-5,12,14-15,20-21,26-27,29-30,34,39-41,43-44H,1-3,6-11,13,16-19H2. The van der Waals surface area contributed by atoms with Gasteiger partial charge in [-0.15, -0.1) is 0 Å². The maximum atomic E-state index is 14.7. The maximum absolute atomic E-state index is 14.7. The molecule has 3 heterocycles. The molecule has 0 radical (unpaired) electrons. The third kappa shape index (κ3) is 10.4. The molecule has 12 nitrogen and oxygen atoms in total. The molecule has 2 aliphatic rings. The summed E-state index contributed by atoms with van der Waals surface area (Å²) in [5.41, 5.74) is 0.310. The first kappa shape index (κ1) is 35.2. The van der Waals surface area contributed by atoms with Gasteiger partial charge in [0.1, 0.15) is 29.9 Å². The van der Waals surface area contributed by atoms with Crippen LogP contribution < -0.4 is 15.0 Å². The van der Waals surface area contributed by atoms with Crippen LogP contribution in [0, 0.1) is 17.7 Å². The highest BCUT2D eigenvalue weighted by Crippen LogP contribution is 2.25. The number of benzene rings is 1. The fourth-order valence-corrected chi connectivity index (χ4v) is 5.77. The van der Waals surface area contributed by atoms with Crippen LogP contribution in [0.4, 0.5) is 10.3 Å². The van der Waals surface area contributed by atoms with Crippen molar-refractivity contribution in [1.82, 2.24) is 20.2 Å². The highest BCUT2D eigenvalue weighted by molar-refractivity contribution is 6.30. The lowest BCUT2D eigenvalue weighted by molar-refractivity contribution is -0.136. The van der Waals surface area contributed by atoms with Crippen LogP contribution in [0.25, 0.3) is 0 Å². The number of aliphatic hydroxyl groups is 5. The number of likely N-dealkylation sites (tertiary alicyclic amines) is 1. The van der Waals surface area contributed by atoms with Crippen molar-refractivity contribution < 1.29 is 39.5 Å². The molecule has 4 unspecified atom stereocenters. The van der Waals surface area contributed by atoms with E-state index in [9.17, 15) is 29.6 Å². The molecule has 2 aromatic rings. The second-order valence-corrected chi connectivity index (χ2v) is 12.5. The number of rotatable bonds is 17. The predicted octanol–water partition coefficient (Wildman–Crippen LogP) is 0.761. The van der Waals surface area contributed by atoms with Crippen LogP contribution in [0.1, 0.15) is 37.7 Å². The van der Waals surface area contributed by atoms with Crippen molar-refractivity contribution in [2.75, 3.05) is 57.4 Å². The number of nitrogens with zero attached hydrogens (tertiary/aromatic N) is 4. The number of nitrogens with one attached hydrogen (secondary N) is 1. The van der Waals surface area contributed by atoms with Gasteiger partial charge in [-0.2, -0.15) is 0 Å². The lowest BCUT2D eigenvalue weighted by Crippen LogP contribution is -2.55. The van der Waals surface area contributed by atoms with Gasteiger partial charge in [-0.3, -0.25) is 4.79 Å². The number of piperidine rings is 1. The monoisotopic (exact) mass is 653 g/mol. The van der Waals surface area contributed by atoms with Crippen LogP contribution in [-0.2, 0) is 11.2 Å². The first-order chi connectivity index (χ1) is 21.6. The number of ether oxygens (including phenoxy) is 1. The van der Waals surface area contributed by atoms with Gasteiger partial charge >= 0.3 is 0 Å². The van der Waals surface area contributed by atoms with Crippen LogP contribution in [0.15, 0.2) is 30.6 Å². The molecule has 0 saturated carbocycles. The highest BCUT2D eigenvalue weighted by atomic mass is 35.5. The summed E-state index contributed by atoms with van der Waals surface area (Å²) < 4.78 is 20.5.